The lowest BCUT2D eigenvalue weighted by Crippen LogP contribution is -1.99. The first-order chi connectivity index (χ1) is 9.47. The van der Waals surface area contributed by atoms with Crippen molar-refractivity contribution in [2.75, 3.05) is 0 Å². The number of hydrogen-bond donors (Lipinski definition) is 0. The standard InChI is InChI=1S/C13H8BrClFNO3/c14-9-2-1-8(12(16)5-9)7-20-13-4-3-10(17(18)19)6-11(13)15/h1-6H,7H2. The van der Waals surface area contributed by atoms with Crippen LogP contribution in [-0.4, -0.2) is 4.92 Å². The van der Waals surface area contributed by atoms with Crippen LogP contribution < -0.4 is 4.74 Å². The van der Waals surface area contributed by atoms with E-state index in [1.54, 1.807) is 12.1 Å². The van der Waals surface area contributed by atoms with Crippen molar-refractivity contribution in [3.05, 3.63) is 67.4 Å². The van der Waals surface area contributed by atoms with Gasteiger partial charge in [0.15, 0.2) is 0 Å². The van der Waals surface area contributed by atoms with Crippen LogP contribution in [0.1, 0.15) is 5.56 Å². The van der Waals surface area contributed by atoms with Crippen LogP contribution in [0.25, 0.3) is 0 Å². The van der Waals surface area contributed by atoms with E-state index >= 15 is 0 Å². The Bertz CT molecular complexity index is 666. The van der Waals surface area contributed by atoms with Crippen LogP contribution in [0.4, 0.5) is 10.1 Å². The molecule has 0 amide bonds. The first-order valence-electron chi connectivity index (χ1n) is 5.48. The molecule has 7 heteroatoms. The molecule has 0 aromatic heterocycles. The van der Waals surface area contributed by atoms with Gasteiger partial charge in [-0.3, -0.25) is 10.1 Å². The molecule has 2 aromatic rings. The molecule has 0 saturated carbocycles. The van der Waals surface area contributed by atoms with Gasteiger partial charge < -0.3 is 4.74 Å². The van der Waals surface area contributed by atoms with Gasteiger partial charge in [0.2, 0.25) is 0 Å². The lowest BCUT2D eigenvalue weighted by Gasteiger charge is -2.08. The molecule has 2 rings (SSSR count). The van der Waals surface area contributed by atoms with Crippen molar-refractivity contribution < 1.29 is 14.1 Å². The molecule has 0 fully saturated rings. The largest absolute Gasteiger partial charge is 0.487 e. The minimum Gasteiger partial charge on any atom is -0.487 e. The second-order valence-corrected chi connectivity index (χ2v) is 5.22. The fourth-order valence-corrected chi connectivity index (χ4v) is 2.08. The third kappa shape index (κ3) is 3.46. The fraction of sp³-hybridized carbons (Fsp3) is 0.0769. The molecular weight excluding hydrogens is 353 g/mol. The van der Waals surface area contributed by atoms with Gasteiger partial charge in [-0.2, -0.15) is 0 Å². The number of hydrogen-bond acceptors (Lipinski definition) is 3. The Balaban J connectivity index is 2.13. The van der Waals surface area contributed by atoms with Crippen molar-refractivity contribution in [3.8, 4) is 5.75 Å². The van der Waals surface area contributed by atoms with Crippen molar-refractivity contribution in [2.45, 2.75) is 6.61 Å². The topological polar surface area (TPSA) is 52.4 Å². The fourth-order valence-electron chi connectivity index (χ4n) is 1.51. The molecule has 4 nitrogen and oxygen atoms in total. The highest BCUT2D eigenvalue weighted by Crippen LogP contribution is 2.29. The zero-order valence-corrected chi connectivity index (χ0v) is 12.3. The minimum atomic E-state index is -0.552. The van der Waals surface area contributed by atoms with Crippen LogP contribution >= 0.6 is 27.5 Å². The number of nitro groups is 1. The highest BCUT2D eigenvalue weighted by molar-refractivity contribution is 9.10. The number of non-ortho nitro benzene ring substituents is 1. The molecule has 0 radical (unpaired) electrons. The van der Waals surface area contributed by atoms with E-state index in [2.05, 4.69) is 15.9 Å². The third-order valence-electron chi connectivity index (χ3n) is 2.52. The molecule has 0 aliphatic heterocycles. The van der Waals surface area contributed by atoms with E-state index in [0.717, 1.165) is 0 Å². The van der Waals surface area contributed by atoms with Crippen LogP contribution in [0.5, 0.6) is 5.75 Å². The van der Waals surface area contributed by atoms with Crippen molar-refractivity contribution in [3.63, 3.8) is 0 Å². The van der Waals surface area contributed by atoms with E-state index in [0.29, 0.717) is 10.0 Å². The van der Waals surface area contributed by atoms with Crippen molar-refractivity contribution >= 4 is 33.2 Å². The van der Waals surface area contributed by atoms with E-state index in [-0.39, 0.29) is 23.1 Å². The molecule has 2 aromatic carbocycles. The molecule has 0 N–H and O–H groups in total. The van der Waals surface area contributed by atoms with E-state index in [9.17, 15) is 14.5 Å². The summed E-state index contributed by atoms with van der Waals surface area (Å²) in [6.45, 7) is -0.0172. The maximum absolute atomic E-state index is 13.6. The van der Waals surface area contributed by atoms with Gasteiger partial charge in [-0.25, -0.2) is 4.39 Å². The molecule has 0 spiro atoms. The zero-order chi connectivity index (χ0) is 14.7. The van der Waals surface area contributed by atoms with Gasteiger partial charge in [0.25, 0.3) is 5.69 Å². The van der Waals surface area contributed by atoms with Crippen LogP contribution in [0.15, 0.2) is 40.9 Å². The van der Waals surface area contributed by atoms with Gasteiger partial charge in [0.1, 0.15) is 18.2 Å². The van der Waals surface area contributed by atoms with Crippen LogP contribution in [0.3, 0.4) is 0 Å². The normalized spacial score (nSPS) is 10.3. The number of nitrogens with zero attached hydrogens (tertiary/aromatic N) is 1. The summed E-state index contributed by atoms with van der Waals surface area (Å²) >= 11 is 9.03. The second kappa shape index (κ2) is 6.19. The van der Waals surface area contributed by atoms with Gasteiger partial charge in [-0.15, -0.1) is 0 Å². The Kier molecular flexibility index (Phi) is 4.57. The monoisotopic (exact) mass is 359 g/mol. The minimum absolute atomic E-state index is 0.0172. The summed E-state index contributed by atoms with van der Waals surface area (Å²) in [5, 5.41) is 10.7. The van der Waals surface area contributed by atoms with Crippen molar-refractivity contribution in [1.82, 2.24) is 0 Å². The molecule has 20 heavy (non-hydrogen) atoms. The predicted octanol–water partition coefficient (Wildman–Crippen LogP) is 4.73. The number of ether oxygens (including phenoxy) is 1. The summed E-state index contributed by atoms with van der Waals surface area (Å²) in [6, 6.07) is 8.46. The molecule has 0 heterocycles. The molecule has 0 aliphatic rings. The first-order valence-corrected chi connectivity index (χ1v) is 6.65. The lowest BCUT2D eigenvalue weighted by atomic mass is 10.2. The summed E-state index contributed by atoms with van der Waals surface area (Å²) in [5.74, 6) is -0.142. The lowest BCUT2D eigenvalue weighted by molar-refractivity contribution is -0.384. The predicted molar refractivity (Wildman–Crippen MR) is 76.5 cm³/mol. The van der Waals surface area contributed by atoms with Crippen molar-refractivity contribution in [1.29, 1.82) is 0 Å². The Morgan fingerprint density at radius 2 is 2.05 bits per heavy atom. The average Bonchev–Trinajstić information content (AvgIpc) is 2.38. The smallest absolute Gasteiger partial charge is 0.271 e. The Morgan fingerprint density at radius 3 is 2.65 bits per heavy atom. The molecule has 0 aliphatic carbocycles. The molecule has 0 bridgehead atoms. The maximum Gasteiger partial charge on any atom is 0.271 e. The van der Waals surface area contributed by atoms with E-state index in [4.69, 9.17) is 16.3 Å². The summed E-state index contributed by atoms with van der Waals surface area (Å²) < 4.78 is 19.6. The molecule has 0 unspecified atom stereocenters. The van der Waals surface area contributed by atoms with Crippen LogP contribution in [0, 0.1) is 15.9 Å². The Labute approximate surface area is 127 Å². The Morgan fingerprint density at radius 1 is 1.30 bits per heavy atom. The van der Waals surface area contributed by atoms with E-state index in [1.807, 2.05) is 0 Å². The number of benzene rings is 2. The Hall–Kier alpha value is -1.66. The van der Waals surface area contributed by atoms with E-state index in [1.165, 1.54) is 24.3 Å². The highest BCUT2D eigenvalue weighted by Gasteiger charge is 2.11. The van der Waals surface area contributed by atoms with Gasteiger partial charge in [-0.1, -0.05) is 33.6 Å². The molecular formula is C13H8BrClFNO3. The van der Waals surface area contributed by atoms with Gasteiger partial charge >= 0.3 is 0 Å². The van der Waals surface area contributed by atoms with Gasteiger partial charge in [0.05, 0.1) is 9.95 Å². The zero-order valence-electron chi connectivity index (χ0n) is 9.98. The van der Waals surface area contributed by atoms with Crippen LogP contribution in [-0.2, 0) is 6.61 Å². The maximum atomic E-state index is 13.6. The quantitative estimate of drug-likeness (QED) is 0.585. The third-order valence-corrected chi connectivity index (χ3v) is 3.31. The summed E-state index contributed by atoms with van der Waals surface area (Å²) in [4.78, 5) is 10.0. The second-order valence-electron chi connectivity index (χ2n) is 3.90. The first kappa shape index (κ1) is 14.7. The molecule has 104 valence electrons. The van der Waals surface area contributed by atoms with Crippen LogP contribution in [0.2, 0.25) is 5.02 Å². The summed E-state index contributed by atoms with van der Waals surface area (Å²) in [7, 11) is 0. The molecule has 0 saturated heterocycles. The summed E-state index contributed by atoms with van der Waals surface area (Å²) in [6.07, 6.45) is 0. The summed E-state index contributed by atoms with van der Waals surface area (Å²) in [5.41, 5.74) is 0.236. The average molecular weight is 361 g/mol. The number of halogens is 3. The van der Waals surface area contributed by atoms with Gasteiger partial charge in [-0.05, 0) is 18.2 Å². The molecule has 0 atom stereocenters. The van der Waals surface area contributed by atoms with Gasteiger partial charge in [0, 0.05) is 22.2 Å². The van der Waals surface area contributed by atoms with E-state index < -0.39 is 10.7 Å². The van der Waals surface area contributed by atoms with Crippen molar-refractivity contribution in [2.24, 2.45) is 0 Å². The number of rotatable bonds is 4. The SMILES string of the molecule is O=[N+]([O-])c1ccc(OCc2ccc(Br)cc2F)c(Cl)c1. The number of nitro benzene ring substituents is 1. The highest BCUT2D eigenvalue weighted by atomic mass is 79.9.